The molecule has 0 N–H and O–H groups in total. The molecule has 0 amide bonds. The van der Waals surface area contributed by atoms with Crippen molar-refractivity contribution in [1.82, 2.24) is 4.90 Å². The predicted molar refractivity (Wildman–Crippen MR) is 77.5 cm³/mol. The summed E-state index contributed by atoms with van der Waals surface area (Å²) >= 11 is 0. The lowest BCUT2D eigenvalue weighted by molar-refractivity contribution is 0.285. The molecule has 0 saturated heterocycles. The van der Waals surface area contributed by atoms with Gasteiger partial charge in [-0.15, -0.1) is 0 Å². The highest BCUT2D eigenvalue weighted by Gasteiger charge is 2.18. The van der Waals surface area contributed by atoms with Crippen LogP contribution in [0, 0.1) is 17.1 Å². The SMILES string of the molecule is CN(CCC#N)C(c1ccccc1)c1ccc(F)cc1. The molecule has 2 rings (SSSR count). The van der Waals surface area contributed by atoms with E-state index in [1.807, 2.05) is 25.2 Å². The normalized spacial score (nSPS) is 12.1. The van der Waals surface area contributed by atoms with E-state index in [1.165, 1.54) is 12.1 Å². The smallest absolute Gasteiger partial charge is 0.123 e. The fourth-order valence-electron chi connectivity index (χ4n) is 2.34. The van der Waals surface area contributed by atoms with Crippen LogP contribution in [-0.2, 0) is 0 Å². The predicted octanol–water partition coefficient (Wildman–Crippen LogP) is 3.76. The summed E-state index contributed by atoms with van der Waals surface area (Å²) in [4.78, 5) is 2.12. The van der Waals surface area contributed by atoms with E-state index in [1.54, 1.807) is 12.1 Å². The second kappa shape index (κ2) is 6.83. The average Bonchev–Trinajstić information content (AvgIpc) is 2.48. The summed E-state index contributed by atoms with van der Waals surface area (Å²) in [6.45, 7) is 0.674. The van der Waals surface area contributed by atoms with Gasteiger partial charge in [0, 0.05) is 13.0 Å². The van der Waals surface area contributed by atoms with Crippen LogP contribution in [0.3, 0.4) is 0 Å². The first-order valence-electron chi connectivity index (χ1n) is 6.60. The molecule has 20 heavy (non-hydrogen) atoms. The minimum Gasteiger partial charge on any atom is -0.294 e. The summed E-state index contributed by atoms with van der Waals surface area (Å²) < 4.78 is 13.1. The van der Waals surface area contributed by atoms with Crippen LogP contribution >= 0.6 is 0 Å². The number of nitriles is 1. The van der Waals surface area contributed by atoms with E-state index in [-0.39, 0.29) is 11.9 Å². The van der Waals surface area contributed by atoms with Gasteiger partial charge in [0.15, 0.2) is 0 Å². The summed E-state index contributed by atoms with van der Waals surface area (Å²) in [6, 6.07) is 18.8. The number of benzene rings is 2. The second-order valence-electron chi connectivity index (χ2n) is 4.75. The Balaban J connectivity index is 2.34. The van der Waals surface area contributed by atoms with Crippen LogP contribution in [-0.4, -0.2) is 18.5 Å². The summed E-state index contributed by atoms with van der Waals surface area (Å²) in [5.41, 5.74) is 2.16. The molecule has 2 aromatic carbocycles. The lowest BCUT2D eigenvalue weighted by atomic mass is 9.97. The molecule has 0 aliphatic heterocycles. The Morgan fingerprint density at radius 3 is 2.25 bits per heavy atom. The van der Waals surface area contributed by atoms with Crippen molar-refractivity contribution in [3.05, 3.63) is 71.5 Å². The van der Waals surface area contributed by atoms with Gasteiger partial charge in [-0.2, -0.15) is 5.26 Å². The molecule has 1 atom stereocenters. The number of nitrogens with zero attached hydrogens (tertiary/aromatic N) is 2. The van der Waals surface area contributed by atoms with Crippen molar-refractivity contribution in [2.75, 3.05) is 13.6 Å². The van der Waals surface area contributed by atoms with E-state index in [2.05, 4.69) is 23.1 Å². The Labute approximate surface area is 119 Å². The molecule has 2 aromatic rings. The van der Waals surface area contributed by atoms with Gasteiger partial charge in [0.05, 0.1) is 12.1 Å². The van der Waals surface area contributed by atoms with E-state index in [0.29, 0.717) is 13.0 Å². The average molecular weight is 268 g/mol. The molecular weight excluding hydrogens is 251 g/mol. The maximum absolute atomic E-state index is 13.1. The molecule has 0 aliphatic carbocycles. The summed E-state index contributed by atoms with van der Waals surface area (Å²) in [7, 11) is 1.98. The van der Waals surface area contributed by atoms with Gasteiger partial charge < -0.3 is 0 Å². The zero-order chi connectivity index (χ0) is 14.4. The third kappa shape index (κ3) is 3.43. The maximum Gasteiger partial charge on any atom is 0.123 e. The van der Waals surface area contributed by atoms with Crippen LogP contribution in [0.25, 0.3) is 0 Å². The van der Waals surface area contributed by atoms with E-state index in [0.717, 1.165) is 11.1 Å². The fourth-order valence-corrected chi connectivity index (χ4v) is 2.34. The van der Waals surface area contributed by atoms with Crippen molar-refractivity contribution in [1.29, 1.82) is 5.26 Å². The van der Waals surface area contributed by atoms with Crippen molar-refractivity contribution in [2.24, 2.45) is 0 Å². The molecule has 0 spiro atoms. The van der Waals surface area contributed by atoms with Gasteiger partial charge in [-0.25, -0.2) is 4.39 Å². The number of rotatable bonds is 5. The monoisotopic (exact) mass is 268 g/mol. The highest BCUT2D eigenvalue weighted by Crippen LogP contribution is 2.27. The third-order valence-electron chi connectivity index (χ3n) is 3.32. The van der Waals surface area contributed by atoms with Crippen LogP contribution in [0.2, 0.25) is 0 Å². The molecule has 0 aromatic heterocycles. The van der Waals surface area contributed by atoms with Gasteiger partial charge in [-0.3, -0.25) is 4.90 Å². The van der Waals surface area contributed by atoms with E-state index in [9.17, 15) is 4.39 Å². The van der Waals surface area contributed by atoms with E-state index < -0.39 is 0 Å². The maximum atomic E-state index is 13.1. The molecule has 3 heteroatoms. The number of hydrogen-bond acceptors (Lipinski definition) is 2. The van der Waals surface area contributed by atoms with Gasteiger partial charge >= 0.3 is 0 Å². The molecule has 0 heterocycles. The van der Waals surface area contributed by atoms with E-state index >= 15 is 0 Å². The van der Waals surface area contributed by atoms with E-state index in [4.69, 9.17) is 5.26 Å². The Bertz CT molecular complexity index is 572. The highest BCUT2D eigenvalue weighted by atomic mass is 19.1. The topological polar surface area (TPSA) is 27.0 Å². The van der Waals surface area contributed by atoms with Crippen LogP contribution in [0.4, 0.5) is 4.39 Å². The molecule has 2 nitrogen and oxygen atoms in total. The fraction of sp³-hybridized carbons (Fsp3) is 0.235. The Morgan fingerprint density at radius 2 is 1.65 bits per heavy atom. The van der Waals surface area contributed by atoms with Crippen molar-refractivity contribution < 1.29 is 4.39 Å². The van der Waals surface area contributed by atoms with Crippen LogP contribution < -0.4 is 0 Å². The largest absolute Gasteiger partial charge is 0.294 e. The summed E-state index contributed by atoms with van der Waals surface area (Å²) in [5.74, 6) is -0.236. The second-order valence-corrected chi connectivity index (χ2v) is 4.75. The minimum absolute atomic E-state index is 0.0325. The van der Waals surface area contributed by atoms with Gasteiger partial charge in [-0.1, -0.05) is 42.5 Å². The Kier molecular flexibility index (Phi) is 4.86. The molecule has 1 unspecified atom stereocenters. The first kappa shape index (κ1) is 14.2. The lowest BCUT2D eigenvalue weighted by Gasteiger charge is -2.28. The van der Waals surface area contributed by atoms with Gasteiger partial charge in [-0.05, 0) is 30.3 Å². The minimum atomic E-state index is -0.236. The standard InChI is InChI=1S/C17H17FN2/c1-20(13-5-12-19)17(14-6-3-2-4-7-14)15-8-10-16(18)11-9-15/h2-4,6-11,17H,5,13H2,1H3. The van der Waals surface area contributed by atoms with Crippen molar-refractivity contribution >= 4 is 0 Å². The van der Waals surface area contributed by atoms with Gasteiger partial charge in [0.25, 0.3) is 0 Å². The van der Waals surface area contributed by atoms with Crippen LogP contribution in [0.1, 0.15) is 23.6 Å². The lowest BCUT2D eigenvalue weighted by Crippen LogP contribution is -2.26. The van der Waals surface area contributed by atoms with Crippen molar-refractivity contribution in [3.8, 4) is 6.07 Å². The molecule has 0 bridgehead atoms. The molecule has 0 saturated carbocycles. The van der Waals surface area contributed by atoms with Crippen molar-refractivity contribution in [2.45, 2.75) is 12.5 Å². The van der Waals surface area contributed by atoms with Gasteiger partial charge in [0.1, 0.15) is 5.82 Å². The quantitative estimate of drug-likeness (QED) is 0.825. The highest BCUT2D eigenvalue weighted by molar-refractivity contribution is 5.31. The summed E-state index contributed by atoms with van der Waals surface area (Å²) in [5, 5.41) is 8.75. The first-order valence-corrected chi connectivity index (χ1v) is 6.60. The molecule has 0 radical (unpaired) electrons. The Morgan fingerprint density at radius 1 is 1.05 bits per heavy atom. The zero-order valence-corrected chi connectivity index (χ0v) is 11.5. The molecular formula is C17H17FN2. The third-order valence-corrected chi connectivity index (χ3v) is 3.32. The number of hydrogen-bond donors (Lipinski definition) is 0. The zero-order valence-electron chi connectivity index (χ0n) is 11.5. The first-order chi connectivity index (χ1) is 9.72. The molecule has 0 aliphatic rings. The van der Waals surface area contributed by atoms with Crippen LogP contribution in [0.15, 0.2) is 54.6 Å². The number of halogens is 1. The van der Waals surface area contributed by atoms with Gasteiger partial charge in [0.2, 0.25) is 0 Å². The van der Waals surface area contributed by atoms with Crippen molar-refractivity contribution in [3.63, 3.8) is 0 Å². The molecule has 102 valence electrons. The summed E-state index contributed by atoms with van der Waals surface area (Å²) in [6.07, 6.45) is 0.473. The molecule has 0 fully saturated rings. The Hall–Kier alpha value is -2.18. The van der Waals surface area contributed by atoms with Crippen LogP contribution in [0.5, 0.6) is 0 Å².